The van der Waals surface area contributed by atoms with Crippen LogP contribution in [0.15, 0.2) is 53.1 Å². The summed E-state index contributed by atoms with van der Waals surface area (Å²) in [6.07, 6.45) is 1.56. The fourth-order valence-corrected chi connectivity index (χ4v) is 2.44. The van der Waals surface area contributed by atoms with Crippen molar-refractivity contribution in [1.29, 1.82) is 0 Å². The third-order valence-corrected chi connectivity index (χ3v) is 3.80. The van der Waals surface area contributed by atoms with Crippen LogP contribution in [0, 0.1) is 6.92 Å². The summed E-state index contributed by atoms with van der Waals surface area (Å²) in [5.74, 6) is 2.27. The number of anilines is 1. The normalized spacial score (nSPS) is 10.4. The van der Waals surface area contributed by atoms with Crippen LogP contribution in [0.5, 0.6) is 11.5 Å². The molecule has 0 saturated carbocycles. The molecule has 0 aliphatic carbocycles. The molecule has 0 unspecified atom stereocenters. The average molecular weight is 382 g/mol. The first-order valence-electron chi connectivity index (χ1n) is 8.81. The van der Waals surface area contributed by atoms with Gasteiger partial charge in [-0.3, -0.25) is 4.79 Å². The van der Waals surface area contributed by atoms with Crippen molar-refractivity contribution in [2.75, 3.05) is 25.6 Å². The number of ether oxygens (including phenoxy) is 2. The Morgan fingerprint density at radius 1 is 1.14 bits per heavy atom. The standard InChI is InChI=1S/C20H22N4O4/c1-14-12-18(19(25)22-13-17-4-3-10-27-17)24-20(23-14)21-9-11-28-16-7-5-15(26-2)6-8-16/h3-8,10,12H,9,11,13H2,1-2H3,(H,22,25)(H,21,23,24). The van der Waals surface area contributed by atoms with Crippen molar-refractivity contribution in [2.45, 2.75) is 13.5 Å². The van der Waals surface area contributed by atoms with Crippen molar-refractivity contribution in [3.8, 4) is 11.5 Å². The second-order valence-corrected chi connectivity index (χ2v) is 5.93. The zero-order valence-corrected chi connectivity index (χ0v) is 15.8. The molecule has 0 atom stereocenters. The van der Waals surface area contributed by atoms with E-state index in [1.54, 1.807) is 31.6 Å². The van der Waals surface area contributed by atoms with E-state index in [2.05, 4.69) is 20.6 Å². The maximum Gasteiger partial charge on any atom is 0.270 e. The number of rotatable bonds is 9. The van der Waals surface area contributed by atoms with E-state index in [1.165, 1.54) is 0 Å². The summed E-state index contributed by atoms with van der Waals surface area (Å²) in [6.45, 7) is 3.02. The van der Waals surface area contributed by atoms with E-state index in [0.29, 0.717) is 37.1 Å². The molecule has 8 heteroatoms. The SMILES string of the molecule is COc1ccc(OCCNc2nc(C)cc(C(=O)NCc3ccco3)n2)cc1. The maximum atomic E-state index is 12.3. The zero-order chi connectivity index (χ0) is 19.8. The van der Waals surface area contributed by atoms with Gasteiger partial charge in [0.2, 0.25) is 5.95 Å². The summed E-state index contributed by atoms with van der Waals surface area (Å²) in [7, 11) is 1.62. The van der Waals surface area contributed by atoms with E-state index in [-0.39, 0.29) is 11.6 Å². The molecule has 3 aromatic rings. The second-order valence-electron chi connectivity index (χ2n) is 5.93. The van der Waals surface area contributed by atoms with Crippen LogP contribution in [0.4, 0.5) is 5.95 Å². The molecule has 0 fully saturated rings. The molecule has 0 bridgehead atoms. The molecule has 1 amide bonds. The Morgan fingerprint density at radius 2 is 1.93 bits per heavy atom. The zero-order valence-electron chi connectivity index (χ0n) is 15.8. The molecule has 2 N–H and O–H groups in total. The monoisotopic (exact) mass is 382 g/mol. The Balaban J connectivity index is 1.50. The number of hydrogen-bond acceptors (Lipinski definition) is 7. The van der Waals surface area contributed by atoms with E-state index >= 15 is 0 Å². The number of furan rings is 1. The van der Waals surface area contributed by atoms with Gasteiger partial charge in [0.15, 0.2) is 0 Å². The number of carbonyl (C=O) groups excluding carboxylic acids is 1. The first kappa shape index (κ1) is 19.2. The molecule has 3 rings (SSSR count). The number of nitrogens with zero attached hydrogens (tertiary/aromatic N) is 2. The van der Waals surface area contributed by atoms with E-state index in [4.69, 9.17) is 13.9 Å². The minimum absolute atomic E-state index is 0.289. The van der Waals surface area contributed by atoms with Crippen molar-refractivity contribution in [3.05, 3.63) is 65.9 Å². The Bertz CT molecular complexity index is 895. The molecular formula is C20H22N4O4. The lowest BCUT2D eigenvalue weighted by Gasteiger charge is -2.10. The van der Waals surface area contributed by atoms with Crippen LogP contribution in [0.25, 0.3) is 0 Å². The quantitative estimate of drug-likeness (QED) is 0.549. The van der Waals surface area contributed by atoms with Crippen LogP contribution in [0.2, 0.25) is 0 Å². The van der Waals surface area contributed by atoms with E-state index < -0.39 is 0 Å². The first-order chi connectivity index (χ1) is 13.6. The predicted octanol–water partition coefficient (Wildman–Crippen LogP) is 2.81. The molecule has 2 aromatic heterocycles. The molecular weight excluding hydrogens is 360 g/mol. The van der Waals surface area contributed by atoms with Crippen molar-refractivity contribution in [1.82, 2.24) is 15.3 Å². The summed E-state index contributed by atoms with van der Waals surface area (Å²) in [5, 5.41) is 5.84. The third kappa shape index (κ3) is 5.47. The van der Waals surface area contributed by atoms with Gasteiger partial charge in [0.25, 0.3) is 5.91 Å². The molecule has 0 radical (unpaired) electrons. The minimum atomic E-state index is -0.292. The number of aromatic nitrogens is 2. The number of methoxy groups -OCH3 is 1. The van der Waals surface area contributed by atoms with Crippen LogP contribution < -0.4 is 20.1 Å². The van der Waals surface area contributed by atoms with E-state index in [1.807, 2.05) is 31.2 Å². The highest BCUT2D eigenvalue weighted by molar-refractivity contribution is 5.92. The second kappa shape index (κ2) is 9.40. The third-order valence-electron chi connectivity index (χ3n) is 3.80. The molecule has 0 saturated heterocycles. The highest BCUT2D eigenvalue weighted by atomic mass is 16.5. The Hall–Kier alpha value is -3.55. The average Bonchev–Trinajstić information content (AvgIpc) is 3.23. The van der Waals surface area contributed by atoms with Gasteiger partial charge in [-0.1, -0.05) is 0 Å². The largest absolute Gasteiger partial charge is 0.497 e. The van der Waals surface area contributed by atoms with Gasteiger partial charge < -0.3 is 24.5 Å². The molecule has 0 spiro atoms. The van der Waals surface area contributed by atoms with Gasteiger partial charge in [0.1, 0.15) is 29.6 Å². The van der Waals surface area contributed by atoms with E-state index in [9.17, 15) is 4.79 Å². The summed E-state index contributed by atoms with van der Waals surface area (Å²) in [4.78, 5) is 20.9. The van der Waals surface area contributed by atoms with Crippen LogP contribution in [0.1, 0.15) is 21.9 Å². The Labute approximate surface area is 162 Å². The molecule has 0 aliphatic heterocycles. The van der Waals surface area contributed by atoms with Gasteiger partial charge in [-0.2, -0.15) is 0 Å². The lowest BCUT2D eigenvalue weighted by atomic mass is 10.3. The number of carbonyl (C=O) groups is 1. The van der Waals surface area contributed by atoms with E-state index in [0.717, 1.165) is 11.5 Å². The molecule has 0 aliphatic rings. The van der Waals surface area contributed by atoms with Crippen LogP contribution in [0.3, 0.4) is 0 Å². The summed E-state index contributed by atoms with van der Waals surface area (Å²) in [6, 6.07) is 12.5. The Morgan fingerprint density at radius 3 is 2.64 bits per heavy atom. The molecule has 1 aromatic carbocycles. The number of aryl methyl sites for hydroxylation is 1. The van der Waals surface area contributed by atoms with Crippen LogP contribution in [-0.4, -0.2) is 36.1 Å². The van der Waals surface area contributed by atoms with Gasteiger partial charge in [-0.05, 0) is 49.4 Å². The summed E-state index contributed by atoms with van der Waals surface area (Å²) >= 11 is 0. The summed E-state index contributed by atoms with van der Waals surface area (Å²) < 4.78 is 16.0. The predicted molar refractivity (Wildman–Crippen MR) is 104 cm³/mol. The van der Waals surface area contributed by atoms with Crippen LogP contribution in [-0.2, 0) is 6.54 Å². The number of hydrogen-bond donors (Lipinski definition) is 2. The molecule has 28 heavy (non-hydrogen) atoms. The lowest BCUT2D eigenvalue weighted by molar-refractivity contribution is 0.0943. The highest BCUT2D eigenvalue weighted by Gasteiger charge is 2.11. The highest BCUT2D eigenvalue weighted by Crippen LogP contribution is 2.16. The first-order valence-corrected chi connectivity index (χ1v) is 8.81. The summed E-state index contributed by atoms with van der Waals surface area (Å²) in [5.41, 5.74) is 0.981. The van der Waals surface area contributed by atoms with Crippen molar-refractivity contribution >= 4 is 11.9 Å². The van der Waals surface area contributed by atoms with Gasteiger partial charge in [0, 0.05) is 5.69 Å². The maximum absolute atomic E-state index is 12.3. The minimum Gasteiger partial charge on any atom is -0.497 e. The van der Waals surface area contributed by atoms with Crippen LogP contribution >= 0.6 is 0 Å². The number of amides is 1. The van der Waals surface area contributed by atoms with Crippen molar-refractivity contribution < 1.29 is 18.7 Å². The molecule has 8 nitrogen and oxygen atoms in total. The smallest absolute Gasteiger partial charge is 0.270 e. The molecule has 146 valence electrons. The van der Waals surface area contributed by atoms with Crippen molar-refractivity contribution in [2.24, 2.45) is 0 Å². The van der Waals surface area contributed by atoms with Crippen molar-refractivity contribution in [3.63, 3.8) is 0 Å². The Kier molecular flexibility index (Phi) is 6.46. The van der Waals surface area contributed by atoms with Gasteiger partial charge in [-0.25, -0.2) is 9.97 Å². The van der Waals surface area contributed by atoms with Gasteiger partial charge in [0.05, 0.1) is 26.5 Å². The van der Waals surface area contributed by atoms with Gasteiger partial charge in [-0.15, -0.1) is 0 Å². The fraction of sp³-hybridized carbons (Fsp3) is 0.250. The lowest BCUT2D eigenvalue weighted by Crippen LogP contribution is -2.24. The number of benzene rings is 1. The fourth-order valence-electron chi connectivity index (χ4n) is 2.44. The topological polar surface area (TPSA) is 98.5 Å². The van der Waals surface area contributed by atoms with Gasteiger partial charge >= 0.3 is 0 Å². The number of nitrogens with one attached hydrogen (secondary N) is 2. The molecule has 2 heterocycles.